The van der Waals surface area contributed by atoms with Crippen LogP contribution in [0.5, 0.6) is 0 Å². The van der Waals surface area contributed by atoms with Crippen LogP contribution in [0, 0.1) is 6.92 Å². The summed E-state index contributed by atoms with van der Waals surface area (Å²) in [5.41, 5.74) is 3.65. The average molecular weight is 477 g/mol. The lowest BCUT2D eigenvalue weighted by Gasteiger charge is -2.36. The van der Waals surface area contributed by atoms with Gasteiger partial charge >= 0.3 is 0 Å². The molecule has 4 rings (SSSR count). The third kappa shape index (κ3) is 6.30. The minimum absolute atomic E-state index is 0.0315. The normalized spacial score (nSPS) is 19.6. The van der Waals surface area contributed by atoms with Crippen molar-refractivity contribution in [2.24, 2.45) is 4.99 Å². The molecule has 0 saturated carbocycles. The molecular formula is C27H32N4O2S. The van der Waals surface area contributed by atoms with E-state index >= 15 is 0 Å². The van der Waals surface area contributed by atoms with Crippen LogP contribution in [0.4, 0.5) is 5.69 Å². The summed E-state index contributed by atoms with van der Waals surface area (Å²) in [7, 11) is 0. The van der Waals surface area contributed by atoms with Gasteiger partial charge < -0.3 is 15.3 Å². The van der Waals surface area contributed by atoms with Crippen molar-refractivity contribution in [1.29, 1.82) is 0 Å². The summed E-state index contributed by atoms with van der Waals surface area (Å²) in [5, 5.41) is 14.5. The summed E-state index contributed by atoms with van der Waals surface area (Å²) in [5.74, 6) is 0.147. The van der Waals surface area contributed by atoms with Crippen molar-refractivity contribution >= 4 is 35.0 Å². The van der Waals surface area contributed by atoms with Crippen molar-refractivity contribution in [2.45, 2.75) is 25.7 Å². The van der Waals surface area contributed by atoms with Crippen LogP contribution in [-0.2, 0) is 4.79 Å². The number of ketones is 1. The maximum atomic E-state index is 12.6. The molecule has 1 unspecified atom stereocenters. The quantitative estimate of drug-likeness (QED) is 0.478. The highest BCUT2D eigenvalue weighted by Gasteiger charge is 2.27. The number of thiocarbonyl (C=S) groups is 1. The van der Waals surface area contributed by atoms with E-state index in [0.29, 0.717) is 25.0 Å². The van der Waals surface area contributed by atoms with Crippen molar-refractivity contribution in [3.05, 3.63) is 77.1 Å². The molecule has 1 heterocycles. The van der Waals surface area contributed by atoms with Gasteiger partial charge in [-0.15, -0.1) is 0 Å². The maximum Gasteiger partial charge on any atom is 0.173 e. The molecule has 0 amide bonds. The number of hydrogen-bond donors (Lipinski definition) is 2. The number of allylic oxidation sites excluding steroid dienone is 2. The first-order valence-corrected chi connectivity index (χ1v) is 12.3. The average Bonchev–Trinajstić information content (AvgIpc) is 2.84. The lowest BCUT2D eigenvalue weighted by atomic mass is 9.83. The van der Waals surface area contributed by atoms with Gasteiger partial charge in [0.25, 0.3) is 0 Å². The fourth-order valence-electron chi connectivity index (χ4n) is 4.38. The van der Waals surface area contributed by atoms with E-state index in [1.54, 1.807) is 6.21 Å². The third-order valence-corrected chi connectivity index (χ3v) is 6.84. The number of nitrogens with one attached hydrogen (secondary N) is 1. The van der Waals surface area contributed by atoms with Crippen LogP contribution in [0.25, 0.3) is 0 Å². The summed E-state index contributed by atoms with van der Waals surface area (Å²) in [4.78, 5) is 21.6. The molecule has 6 nitrogen and oxygen atoms in total. The number of aliphatic hydroxyl groups excluding tert-OH is 1. The van der Waals surface area contributed by atoms with Gasteiger partial charge in [0.05, 0.1) is 12.1 Å². The largest absolute Gasteiger partial charge is 0.511 e. The number of Topliss-reactive ketones (excluding diaryl/α,β-unsaturated/α-hetero) is 1. The molecule has 1 aliphatic carbocycles. The third-order valence-electron chi connectivity index (χ3n) is 6.48. The second-order valence-corrected chi connectivity index (χ2v) is 9.35. The van der Waals surface area contributed by atoms with Gasteiger partial charge in [-0.1, -0.05) is 48.0 Å². The van der Waals surface area contributed by atoms with E-state index in [4.69, 9.17) is 12.2 Å². The first-order chi connectivity index (χ1) is 16.5. The Balaban J connectivity index is 1.21. The minimum Gasteiger partial charge on any atom is -0.511 e. The Morgan fingerprint density at radius 2 is 1.79 bits per heavy atom. The number of rotatable bonds is 6. The molecule has 7 heteroatoms. The fraction of sp³-hybridized carbons (Fsp3) is 0.370. The van der Waals surface area contributed by atoms with E-state index in [9.17, 15) is 9.90 Å². The molecule has 1 atom stereocenters. The molecule has 2 aliphatic rings. The van der Waals surface area contributed by atoms with Crippen molar-refractivity contribution in [1.82, 2.24) is 9.80 Å². The van der Waals surface area contributed by atoms with Crippen LogP contribution in [0.2, 0.25) is 0 Å². The highest BCUT2D eigenvalue weighted by molar-refractivity contribution is 7.80. The molecule has 0 aromatic heterocycles. The number of para-hydroxylation sites is 1. The van der Waals surface area contributed by atoms with Crippen LogP contribution in [0.1, 0.15) is 29.9 Å². The smallest absolute Gasteiger partial charge is 0.173 e. The Morgan fingerprint density at radius 1 is 1.09 bits per heavy atom. The number of aliphatic hydroxyl groups is 1. The highest BCUT2D eigenvalue weighted by atomic mass is 32.1. The molecule has 0 bridgehead atoms. The Labute approximate surface area is 207 Å². The first-order valence-electron chi connectivity index (χ1n) is 11.8. The number of carbonyl (C=O) groups excluding carboxylic acids is 1. The number of aliphatic imine (C=N–C) groups is 1. The Bertz CT molecular complexity index is 1060. The number of nitrogens with zero attached hydrogens (tertiary/aromatic N) is 3. The number of anilines is 1. The van der Waals surface area contributed by atoms with Gasteiger partial charge in [-0.3, -0.25) is 14.7 Å². The summed E-state index contributed by atoms with van der Waals surface area (Å²) in [6, 6.07) is 18.2. The van der Waals surface area contributed by atoms with Crippen molar-refractivity contribution in [2.75, 3.05) is 44.6 Å². The molecule has 0 spiro atoms. The van der Waals surface area contributed by atoms with E-state index < -0.39 is 0 Å². The van der Waals surface area contributed by atoms with E-state index in [1.807, 2.05) is 61.5 Å². The number of carbonyl (C=O) groups is 1. The van der Waals surface area contributed by atoms with Gasteiger partial charge in [-0.05, 0) is 42.8 Å². The van der Waals surface area contributed by atoms with Crippen LogP contribution in [-0.4, -0.2) is 71.3 Å². The van der Waals surface area contributed by atoms with Crippen molar-refractivity contribution in [3.8, 4) is 0 Å². The molecular weight excluding hydrogens is 444 g/mol. The lowest BCUT2D eigenvalue weighted by molar-refractivity contribution is -0.116. The van der Waals surface area contributed by atoms with Crippen LogP contribution >= 0.6 is 12.2 Å². The van der Waals surface area contributed by atoms with Gasteiger partial charge in [-0.25, -0.2) is 0 Å². The van der Waals surface area contributed by atoms with Crippen molar-refractivity contribution < 1.29 is 9.90 Å². The molecule has 2 aromatic rings. The number of hydrogen-bond acceptors (Lipinski definition) is 5. The SMILES string of the molecule is Cc1ccc(C2CC(=O)C(C=NCCN3CCN(C(=S)Nc4ccccc4)CC3)=C(O)C2)cc1. The molecule has 1 saturated heterocycles. The predicted molar refractivity (Wildman–Crippen MR) is 142 cm³/mol. The van der Waals surface area contributed by atoms with Gasteiger partial charge in [0, 0.05) is 57.5 Å². The summed E-state index contributed by atoms with van der Waals surface area (Å²) in [6.45, 7) is 7.02. The maximum absolute atomic E-state index is 12.6. The molecule has 2 aromatic carbocycles. The predicted octanol–water partition coefficient (Wildman–Crippen LogP) is 4.34. The molecule has 178 valence electrons. The zero-order valence-corrected chi connectivity index (χ0v) is 20.4. The van der Waals surface area contributed by atoms with Gasteiger partial charge in [0.1, 0.15) is 5.76 Å². The molecule has 1 fully saturated rings. The number of aryl methyl sites for hydroxylation is 1. The van der Waals surface area contributed by atoms with E-state index in [1.165, 1.54) is 5.56 Å². The second kappa shape index (κ2) is 11.4. The first kappa shape index (κ1) is 24.1. The number of benzene rings is 2. The lowest BCUT2D eigenvalue weighted by Crippen LogP contribution is -2.50. The van der Waals surface area contributed by atoms with Gasteiger partial charge in [0.15, 0.2) is 10.9 Å². The Hall–Kier alpha value is -3.03. The summed E-state index contributed by atoms with van der Waals surface area (Å²) >= 11 is 5.55. The molecule has 1 aliphatic heterocycles. The van der Waals surface area contributed by atoms with Crippen LogP contribution < -0.4 is 5.32 Å². The van der Waals surface area contributed by atoms with Crippen LogP contribution in [0.3, 0.4) is 0 Å². The molecule has 34 heavy (non-hydrogen) atoms. The minimum atomic E-state index is -0.0360. The zero-order chi connectivity index (χ0) is 23.9. The summed E-state index contributed by atoms with van der Waals surface area (Å²) in [6.07, 6.45) is 2.46. The Morgan fingerprint density at radius 3 is 2.47 bits per heavy atom. The summed E-state index contributed by atoms with van der Waals surface area (Å²) < 4.78 is 0. The monoisotopic (exact) mass is 476 g/mol. The van der Waals surface area contributed by atoms with E-state index in [2.05, 4.69) is 20.1 Å². The highest BCUT2D eigenvalue weighted by Crippen LogP contribution is 2.33. The topological polar surface area (TPSA) is 68.2 Å². The molecule has 2 N–H and O–H groups in total. The number of piperazine rings is 1. The fourth-order valence-corrected chi connectivity index (χ4v) is 4.69. The standard InChI is InChI=1S/C27H32N4O2S/c1-20-7-9-21(10-8-20)22-17-25(32)24(26(33)18-22)19-28-11-12-30-13-15-31(16-14-30)27(34)29-23-5-3-2-4-6-23/h2-10,19,22,32H,11-18H2,1H3,(H,29,34). The van der Waals surface area contributed by atoms with E-state index in [0.717, 1.165) is 49.1 Å². The Kier molecular flexibility index (Phi) is 8.08. The van der Waals surface area contributed by atoms with Crippen molar-refractivity contribution in [3.63, 3.8) is 0 Å². The second-order valence-electron chi connectivity index (χ2n) is 8.96. The van der Waals surface area contributed by atoms with Crippen LogP contribution in [0.15, 0.2) is 70.9 Å². The van der Waals surface area contributed by atoms with Gasteiger partial charge in [0.2, 0.25) is 0 Å². The zero-order valence-electron chi connectivity index (χ0n) is 19.6. The van der Waals surface area contributed by atoms with E-state index in [-0.39, 0.29) is 17.5 Å². The van der Waals surface area contributed by atoms with Gasteiger partial charge in [-0.2, -0.15) is 0 Å². The molecule has 0 radical (unpaired) electrons.